The second kappa shape index (κ2) is 6.83. The molecule has 2 heteroatoms. The van der Waals surface area contributed by atoms with Gasteiger partial charge in [0.25, 0.3) is 0 Å². The lowest BCUT2D eigenvalue weighted by Gasteiger charge is -2.35. The molecule has 2 nitrogen and oxygen atoms in total. The van der Waals surface area contributed by atoms with Gasteiger partial charge in [-0.3, -0.25) is 0 Å². The molecule has 0 aliphatic heterocycles. The second-order valence-electron chi connectivity index (χ2n) is 7.64. The molecule has 21 heavy (non-hydrogen) atoms. The molecular weight excluding hydrogens is 256 g/mol. The fraction of sp³-hybridized carbons (Fsp3) is 0.684. The molecular formula is C19H32N2. The van der Waals surface area contributed by atoms with Crippen LogP contribution in [0.25, 0.3) is 0 Å². The highest BCUT2D eigenvalue weighted by Gasteiger charge is 2.20. The summed E-state index contributed by atoms with van der Waals surface area (Å²) < 4.78 is 0. The van der Waals surface area contributed by atoms with Gasteiger partial charge in [-0.1, -0.05) is 37.0 Å². The van der Waals surface area contributed by atoms with E-state index < -0.39 is 0 Å². The Balaban J connectivity index is 2.17. The Bertz CT molecular complexity index is 453. The summed E-state index contributed by atoms with van der Waals surface area (Å²) in [6.07, 6.45) is 6.87. The number of benzene rings is 1. The number of anilines is 1. The minimum absolute atomic E-state index is 0.157. The second-order valence-corrected chi connectivity index (χ2v) is 7.64. The van der Waals surface area contributed by atoms with Crippen molar-refractivity contribution in [1.29, 1.82) is 0 Å². The van der Waals surface area contributed by atoms with Crippen LogP contribution >= 0.6 is 0 Å². The number of rotatable bonds is 4. The molecule has 0 saturated heterocycles. The van der Waals surface area contributed by atoms with E-state index in [1.54, 1.807) is 0 Å². The van der Waals surface area contributed by atoms with Crippen LogP contribution in [0.15, 0.2) is 18.2 Å². The summed E-state index contributed by atoms with van der Waals surface area (Å²) in [6, 6.07) is 7.61. The molecule has 1 fully saturated rings. The van der Waals surface area contributed by atoms with Crippen molar-refractivity contribution >= 4 is 5.69 Å². The zero-order valence-corrected chi connectivity index (χ0v) is 14.5. The van der Waals surface area contributed by atoms with E-state index >= 15 is 0 Å². The van der Waals surface area contributed by atoms with Gasteiger partial charge in [0.2, 0.25) is 0 Å². The molecule has 0 bridgehead atoms. The van der Waals surface area contributed by atoms with Crippen molar-refractivity contribution in [3.05, 3.63) is 29.3 Å². The van der Waals surface area contributed by atoms with E-state index in [0.29, 0.717) is 0 Å². The lowest BCUT2D eigenvalue weighted by atomic mass is 9.93. The summed E-state index contributed by atoms with van der Waals surface area (Å²) >= 11 is 0. The fourth-order valence-corrected chi connectivity index (χ4v) is 3.23. The fourth-order valence-electron chi connectivity index (χ4n) is 3.23. The number of aryl methyl sites for hydroxylation is 1. The zero-order valence-electron chi connectivity index (χ0n) is 14.5. The third-order valence-electron chi connectivity index (χ3n) is 4.55. The monoisotopic (exact) mass is 288 g/mol. The van der Waals surface area contributed by atoms with Crippen molar-refractivity contribution in [1.82, 2.24) is 5.32 Å². The molecule has 118 valence electrons. The van der Waals surface area contributed by atoms with Crippen molar-refractivity contribution in [3.63, 3.8) is 0 Å². The predicted octanol–water partition coefficient (Wildman–Crippen LogP) is 4.65. The minimum atomic E-state index is 0.157. The molecule has 0 amide bonds. The van der Waals surface area contributed by atoms with Crippen molar-refractivity contribution in [3.8, 4) is 0 Å². The molecule has 1 aliphatic rings. The summed E-state index contributed by atoms with van der Waals surface area (Å²) in [5.41, 5.74) is 4.34. The van der Waals surface area contributed by atoms with Gasteiger partial charge < -0.3 is 10.2 Å². The van der Waals surface area contributed by atoms with Gasteiger partial charge in [-0.05, 0) is 52.2 Å². The van der Waals surface area contributed by atoms with Crippen LogP contribution in [-0.2, 0) is 6.54 Å². The zero-order chi connectivity index (χ0) is 15.5. The Labute approximate surface area is 130 Å². The molecule has 0 atom stereocenters. The highest BCUT2D eigenvalue weighted by Crippen LogP contribution is 2.29. The Morgan fingerprint density at radius 3 is 2.43 bits per heavy atom. The van der Waals surface area contributed by atoms with Crippen LogP contribution in [-0.4, -0.2) is 18.6 Å². The summed E-state index contributed by atoms with van der Waals surface area (Å²) in [5, 5.41) is 3.64. The Kier molecular flexibility index (Phi) is 5.32. The van der Waals surface area contributed by atoms with Crippen LogP contribution < -0.4 is 10.2 Å². The number of nitrogens with zero attached hydrogens (tertiary/aromatic N) is 1. The first-order valence-electron chi connectivity index (χ1n) is 8.44. The van der Waals surface area contributed by atoms with Gasteiger partial charge in [0.15, 0.2) is 0 Å². The molecule has 1 aromatic rings. The molecule has 0 unspecified atom stereocenters. The quantitative estimate of drug-likeness (QED) is 0.867. The first-order chi connectivity index (χ1) is 9.87. The molecule has 0 aromatic heterocycles. The van der Waals surface area contributed by atoms with E-state index in [9.17, 15) is 0 Å². The lowest BCUT2D eigenvalue weighted by Crippen LogP contribution is -2.37. The van der Waals surface area contributed by atoms with Gasteiger partial charge in [-0.25, -0.2) is 0 Å². The maximum atomic E-state index is 3.64. The Morgan fingerprint density at radius 1 is 1.14 bits per heavy atom. The number of hydrogen-bond donors (Lipinski definition) is 1. The maximum absolute atomic E-state index is 3.64. The Hall–Kier alpha value is -1.02. The van der Waals surface area contributed by atoms with Crippen LogP contribution in [0.2, 0.25) is 0 Å². The smallest absolute Gasteiger partial charge is 0.0411 e. The van der Waals surface area contributed by atoms with Crippen molar-refractivity contribution in [2.45, 2.75) is 77.9 Å². The standard InChI is InChI=1S/C19H32N2/c1-15-11-12-18(16(13-15)14-20-19(2,3)4)21(5)17-9-7-6-8-10-17/h11-13,17,20H,6-10,14H2,1-5H3. The highest BCUT2D eigenvalue weighted by molar-refractivity contribution is 5.55. The molecule has 1 saturated carbocycles. The predicted molar refractivity (Wildman–Crippen MR) is 93.0 cm³/mol. The van der Waals surface area contributed by atoms with Gasteiger partial charge in [0.1, 0.15) is 0 Å². The van der Waals surface area contributed by atoms with E-state index in [4.69, 9.17) is 0 Å². The molecule has 0 heterocycles. The lowest BCUT2D eigenvalue weighted by molar-refractivity contribution is 0.418. The molecule has 1 aliphatic carbocycles. The largest absolute Gasteiger partial charge is 0.371 e. The van der Waals surface area contributed by atoms with E-state index in [1.165, 1.54) is 48.9 Å². The SMILES string of the molecule is Cc1ccc(N(C)C2CCCCC2)c(CNC(C)(C)C)c1. The molecule has 1 aromatic carbocycles. The van der Waals surface area contributed by atoms with Gasteiger partial charge >= 0.3 is 0 Å². The van der Waals surface area contributed by atoms with E-state index in [-0.39, 0.29) is 5.54 Å². The summed E-state index contributed by atoms with van der Waals surface area (Å²) in [7, 11) is 2.28. The summed E-state index contributed by atoms with van der Waals surface area (Å²) in [6.45, 7) is 9.82. The van der Waals surface area contributed by atoms with Crippen molar-refractivity contribution in [2.24, 2.45) is 0 Å². The molecule has 0 radical (unpaired) electrons. The summed E-state index contributed by atoms with van der Waals surface area (Å²) in [5.74, 6) is 0. The normalized spacial score (nSPS) is 17.0. The Morgan fingerprint density at radius 2 is 1.81 bits per heavy atom. The third-order valence-corrected chi connectivity index (χ3v) is 4.55. The van der Waals surface area contributed by atoms with Crippen LogP contribution in [0.5, 0.6) is 0 Å². The summed E-state index contributed by atoms with van der Waals surface area (Å²) in [4.78, 5) is 2.53. The topological polar surface area (TPSA) is 15.3 Å². The number of nitrogens with one attached hydrogen (secondary N) is 1. The van der Waals surface area contributed by atoms with Gasteiger partial charge in [-0.2, -0.15) is 0 Å². The van der Waals surface area contributed by atoms with E-state index in [0.717, 1.165) is 12.6 Å². The molecule has 0 spiro atoms. The minimum Gasteiger partial charge on any atom is -0.371 e. The van der Waals surface area contributed by atoms with Crippen LogP contribution in [0.3, 0.4) is 0 Å². The average Bonchev–Trinajstić information content (AvgIpc) is 2.45. The van der Waals surface area contributed by atoms with Crippen molar-refractivity contribution < 1.29 is 0 Å². The number of hydrogen-bond acceptors (Lipinski definition) is 2. The van der Waals surface area contributed by atoms with Gasteiger partial charge in [0, 0.05) is 30.9 Å². The van der Waals surface area contributed by atoms with Crippen LogP contribution in [0.1, 0.15) is 64.0 Å². The van der Waals surface area contributed by atoms with Gasteiger partial charge in [-0.15, -0.1) is 0 Å². The van der Waals surface area contributed by atoms with E-state index in [1.807, 2.05) is 0 Å². The van der Waals surface area contributed by atoms with Crippen LogP contribution in [0.4, 0.5) is 5.69 Å². The van der Waals surface area contributed by atoms with E-state index in [2.05, 4.69) is 63.2 Å². The molecule has 2 rings (SSSR count). The maximum Gasteiger partial charge on any atom is 0.0411 e. The van der Waals surface area contributed by atoms with Crippen molar-refractivity contribution in [2.75, 3.05) is 11.9 Å². The third kappa shape index (κ3) is 4.74. The average molecular weight is 288 g/mol. The molecule has 1 N–H and O–H groups in total. The first-order valence-corrected chi connectivity index (χ1v) is 8.44. The highest BCUT2D eigenvalue weighted by atomic mass is 15.1. The van der Waals surface area contributed by atoms with Gasteiger partial charge in [0.05, 0.1) is 0 Å². The first kappa shape index (κ1) is 16.4. The van der Waals surface area contributed by atoms with Crippen LogP contribution in [0, 0.1) is 6.92 Å².